The van der Waals surface area contributed by atoms with Crippen molar-refractivity contribution in [3.05, 3.63) is 66.6 Å². The van der Waals surface area contributed by atoms with Gasteiger partial charge in [-0.25, -0.2) is 0 Å². The second-order valence-corrected chi connectivity index (χ2v) is 9.63. The van der Waals surface area contributed by atoms with E-state index in [2.05, 4.69) is 49.0 Å². The summed E-state index contributed by atoms with van der Waals surface area (Å²) < 4.78 is 8.02. The standard InChI is InChI=1S/C19H9Br2NO2S2/c20-10-3-1-2-9(6-10)16-13-8-24-14-5-4-11(21)7-12(14)15(13)17-18(25-16)22-19(23)26-17/h1-7H,8H2. The van der Waals surface area contributed by atoms with Crippen LogP contribution in [0.25, 0.3) is 31.5 Å². The number of benzene rings is 2. The fourth-order valence-electron chi connectivity index (χ4n) is 3.18. The minimum Gasteiger partial charge on any atom is -0.488 e. The van der Waals surface area contributed by atoms with Crippen LogP contribution in [0, 0.1) is 0 Å². The van der Waals surface area contributed by atoms with E-state index < -0.39 is 0 Å². The van der Waals surface area contributed by atoms with Crippen LogP contribution < -0.4 is 9.61 Å². The molecule has 2 aromatic carbocycles. The van der Waals surface area contributed by atoms with Gasteiger partial charge in [0.1, 0.15) is 17.4 Å². The first kappa shape index (κ1) is 16.6. The Morgan fingerprint density at radius 3 is 2.69 bits per heavy atom. The summed E-state index contributed by atoms with van der Waals surface area (Å²) in [7, 11) is 0. The van der Waals surface area contributed by atoms with E-state index in [-0.39, 0.29) is 4.87 Å². The minimum absolute atomic E-state index is 0.159. The Labute approximate surface area is 173 Å². The summed E-state index contributed by atoms with van der Waals surface area (Å²) in [6.45, 7) is 0.477. The molecule has 0 saturated heterocycles. The van der Waals surface area contributed by atoms with Crippen LogP contribution in [0.3, 0.4) is 0 Å². The second kappa shape index (κ2) is 6.27. The van der Waals surface area contributed by atoms with Gasteiger partial charge < -0.3 is 4.74 Å². The van der Waals surface area contributed by atoms with Crippen LogP contribution in [-0.2, 0) is 6.61 Å². The van der Waals surface area contributed by atoms with Crippen molar-refractivity contribution >= 4 is 54.5 Å². The Balaban J connectivity index is 1.90. The number of hydrogen-bond donors (Lipinski definition) is 0. The van der Waals surface area contributed by atoms with Crippen molar-refractivity contribution in [3.63, 3.8) is 0 Å². The summed E-state index contributed by atoms with van der Waals surface area (Å²) in [5, 5.41) is 0.779. The molecule has 3 aliphatic rings. The van der Waals surface area contributed by atoms with E-state index in [4.69, 9.17) is 4.74 Å². The van der Waals surface area contributed by atoms with Gasteiger partial charge in [-0.05, 0) is 35.9 Å². The molecule has 5 rings (SSSR count). The van der Waals surface area contributed by atoms with Gasteiger partial charge in [-0.15, -0.1) is 11.3 Å². The maximum atomic E-state index is 12.0. The molecule has 2 aromatic rings. The van der Waals surface area contributed by atoms with Crippen molar-refractivity contribution in [2.24, 2.45) is 0 Å². The molecule has 0 saturated carbocycles. The maximum Gasteiger partial charge on any atom is 0.328 e. The molecule has 0 amide bonds. The van der Waals surface area contributed by atoms with E-state index in [1.807, 2.05) is 30.3 Å². The Kier molecular flexibility index (Phi) is 4.01. The zero-order valence-corrected chi connectivity index (χ0v) is 17.9. The normalized spacial score (nSPS) is 12.5. The van der Waals surface area contributed by atoms with Crippen LogP contribution in [0.4, 0.5) is 0 Å². The van der Waals surface area contributed by atoms with Crippen LogP contribution in [0.2, 0.25) is 0 Å². The fraction of sp³-hybridized carbons (Fsp3) is 0.0526. The SMILES string of the molecule is O=c1nc2sc(-c3cccc(Br)c3)c3c(c-2s1)-c1cc(Br)ccc1OC3. The molecule has 0 aromatic heterocycles. The number of nitrogens with zero attached hydrogens (tertiary/aromatic N) is 1. The first-order valence-electron chi connectivity index (χ1n) is 7.75. The van der Waals surface area contributed by atoms with Crippen LogP contribution >= 0.6 is 54.5 Å². The van der Waals surface area contributed by atoms with Gasteiger partial charge in [0, 0.05) is 30.5 Å². The number of thiazole rings is 1. The van der Waals surface area contributed by atoms with Crippen molar-refractivity contribution in [1.29, 1.82) is 0 Å². The van der Waals surface area contributed by atoms with Crippen LogP contribution in [0.5, 0.6) is 5.75 Å². The van der Waals surface area contributed by atoms with Gasteiger partial charge in [-0.3, -0.25) is 4.79 Å². The van der Waals surface area contributed by atoms with Crippen molar-refractivity contribution in [3.8, 4) is 37.2 Å². The smallest absolute Gasteiger partial charge is 0.328 e. The van der Waals surface area contributed by atoms with Gasteiger partial charge in [0.05, 0.1) is 4.88 Å². The number of ether oxygens (including phenoxy) is 1. The Hall–Kier alpha value is -1.54. The number of fused-ring (bicyclic) bond motifs is 5. The lowest BCUT2D eigenvalue weighted by Crippen LogP contribution is -2.08. The van der Waals surface area contributed by atoms with Crippen LogP contribution in [-0.4, -0.2) is 4.98 Å². The summed E-state index contributed by atoms with van der Waals surface area (Å²) >= 11 is 9.86. The van der Waals surface area contributed by atoms with Gasteiger partial charge >= 0.3 is 4.87 Å². The predicted octanol–water partition coefficient (Wildman–Crippen LogP) is 6.42. The molecule has 128 valence electrons. The topological polar surface area (TPSA) is 39.2 Å². The molecule has 3 heterocycles. The highest BCUT2D eigenvalue weighted by Gasteiger charge is 2.29. The number of hydrogen-bond acceptors (Lipinski definition) is 5. The first-order valence-corrected chi connectivity index (χ1v) is 11.0. The third-order valence-electron chi connectivity index (χ3n) is 4.25. The molecule has 0 fully saturated rings. The van der Waals surface area contributed by atoms with Gasteiger partial charge in [-0.1, -0.05) is 55.3 Å². The highest BCUT2D eigenvalue weighted by atomic mass is 79.9. The lowest BCUT2D eigenvalue weighted by Gasteiger charge is -2.25. The first-order chi connectivity index (χ1) is 12.6. The Bertz CT molecular complexity index is 1200. The predicted molar refractivity (Wildman–Crippen MR) is 113 cm³/mol. The molecule has 7 heteroatoms. The van der Waals surface area contributed by atoms with Gasteiger partial charge in [0.15, 0.2) is 0 Å². The zero-order valence-electron chi connectivity index (χ0n) is 13.1. The van der Waals surface area contributed by atoms with E-state index in [1.54, 1.807) is 11.3 Å². The van der Waals surface area contributed by atoms with E-state index in [9.17, 15) is 4.79 Å². The van der Waals surface area contributed by atoms with Crippen LogP contribution in [0.1, 0.15) is 5.56 Å². The van der Waals surface area contributed by atoms with Crippen LogP contribution in [0.15, 0.2) is 56.2 Å². The average Bonchev–Trinajstić information content (AvgIpc) is 3.00. The van der Waals surface area contributed by atoms with Gasteiger partial charge in [0.25, 0.3) is 0 Å². The number of rotatable bonds is 1. The lowest BCUT2D eigenvalue weighted by molar-refractivity contribution is 0.303. The van der Waals surface area contributed by atoms with E-state index in [1.165, 1.54) is 11.3 Å². The molecule has 0 unspecified atom stereocenters. The quantitative estimate of drug-likeness (QED) is 0.299. The maximum absolute atomic E-state index is 12.0. The highest BCUT2D eigenvalue weighted by molar-refractivity contribution is 9.10. The third-order valence-corrected chi connectivity index (χ3v) is 7.41. The monoisotopic (exact) mass is 505 g/mol. The molecule has 0 bridgehead atoms. The number of aromatic nitrogens is 1. The van der Waals surface area contributed by atoms with E-state index >= 15 is 0 Å². The number of halogens is 2. The highest BCUT2D eigenvalue weighted by Crippen LogP contribution is 2.51. The molecular weight excluding hydrogens is 498 g/mol. The van der Waals surface area contributed by atoms with Crippen molar-refractivity contribution < 1.29 is 4.74 Å². The van der Waals surface area contributed by atoms with Crippen molar-refractivity contribution in [2.75, 3.05) is 0 Å². The Morgan fingerprint density at radius 2 is 1.85 bits per heavy atom. The summed E-state index contributed by atoms with van der Waals surface area (Å²) in [6, 6.07) is 14.1. The summed E-state index contributed by atoms with van der Waals surface area (Å²) in [4.78, 5) is 18.1. The summed E-state index contributed by atoms with van der Waals surface area (Å²) in [5.74, 6) is 0.833. The fourth-order valence-corrected chi connectivity index (χ4v) is 6.08. The average molecular weight is 507 g/mol. The molecule has 0 N–H and O–H groups in total. The molecule has 26 heavy (non-hydrogen) atoms. The summed E-state index contributed by atoms with van der Waals surface area (Å²) in [6.07, 6.45) is 0. The zero-order chi connectivity index (χ0) is 17.8. The third kappa shape index (κ3) is 2.65. The molecule has 3 nitrogen and oxygen atoms in total. The largest absolute Gasteiger partial charge is 0.488 e. The molecular formula is C19H9Br2NO2S2. The van der Waals surface area contributed by atoms with Crippen molar-refractivity contribution in [1.82, 2.24) is 4.98 Å². The van der Waals surface area contributed by atoms with Gasteiger partial charge in [-0.2, -0.15) is 4.98 Å². The molecule has 0 radical (unpaired) electrons. The lowest BCUT2D eigenvalue weighted by atomic mass is 9.95. The molecule has 0 spiro atoms. The molecule has 3 aliphatic heterocycles. The second-order valence-electron chi connectivity index (χ2n) is 5.84. The molecule has 0 aliphatic carbocycles. The van der Waals surface area contributed by atoms with E-state index in [0.717, 1.165) is 51.7 Å². The minimum atomic E-state index is -0.159. The Morgan fingerprint density at radius 1 is 1.00 bits per heavy atom. The summed E-state index contributed by atoms with van der Waals surface area (Å²) in [5.41, 5.74) is 4.26. The van der Waals surface area contributed by atoms with Crippen molar-refractivity contribution in [2.45, 2.75) is 6.61 Å². The van der Waals surface area contributed by atoms with E-state index in [0.29, 0.717) is 6.61 Å². The van der Waals surface area contributed by atoms with Gasteiger partial charge in [0.2, 0.25) is 0 Å². The molecule has 0 atom stereocenters.